The molecule has 0 aliphatic carbocycles. The van der Waals surface area contributed by atoms with E-state index in [-0.39, 0.29) is 47.8 Å². The fourth-order valence-corrected chi connectivity index (χ4v) is 19.2. The van der Waals surface area contributed by atoms with Crippen LogP contribution in [0.1, 0.15) is 66.4 Å². The van der Waals surface area contributed by atoms with E-state index < -0.39 is 38.6 Å². The van der Waals surface area contributed by atoms with Crippen LogP contribution in [-0.4, -0.2) is 68.5 Å². The summed E-state index contributed by atoms with van der Waals surface area (Å²) in [6.45, 7) is 15.6. The summed E-state index contributed by atoms with van der Waals surface area (Å²) in [5, 5.41) is 23.4. The minimum atomic E-state index is -2.96. The second-order valence-corrected chi connectivity index (χ2v) is 28.1. The average molecular weight is 849 g/mol. The predicted octanol–water partition coefficient (Wildman–Crippen LogP) is 7.58. The molecule has 0 bridgehead atoms. The van der Waals surface area contributed by atoms with Gasteiger partial charge in [-0.25, -0.2) is 0 Å². The Labute approximate surface area is 357 Å². The van der Waals surface area contributed by atoms with Crippen molar-refractivity contribution in [3.63, 3.8) is 0 Å². The molecule has 314 valence electrons. The third-order valence-corrected chi connectivity index (χ3v) is 23.4. The summed E-state index contributed by atoms with van der Waals surface area (Å²) in [6.07, 6.45) is 0.707. The highest BCUT2D eigenvalue weighted by Gasteiger charge is 2.52. The number of ketones is 1. The lowest BCUT2D eigenvalue weighted by Crippen LogP contribution is -2.67. The van der Waals surface area contributed by atoms with E-state index in [1.807, 2.05) is 43.3 Å². The summed E-state index contributed by atoms with van der Waals surface area (Å²) >= 11 is 0. The van der Waals surface area contributed by atoms with Crippen molar-refractivity contribution in [1.29, 1.82) is 0 Å². The normalized spacial score (nSPS) is 13.7. The summed E-state index contributed by atoms with van der Waals surface area (Å²) in [5.74, 6) is -0.926. The Morgan fingerprint density at radius 1 is 0.576 bits per heavy atom. The van der Waals surface area contributed by atoms with E-state index in [1.54, 1.807) is 12.1 Å². The highest BCUT2D eigenvalue weighted by atomic mass is 32.2. The molecular weight excluding hydrogens is 785 g/mol. The standard InChI is InChI=1S/C50H64O6SSi2/c1-39-28-31-42(32-29-39)57(54)48(34-41(35-51)36-52)47(53)33-30-40(37-55-58(49(2,3)4,43-20-12-8-13-21-43)44-22-14-9-15-23-44)38-56-59(50(5,6)7,45-24-16-10-17-25-45)46-26-18-11-19-27-46/h8-29,31-32,40-41,48,51-52H,30,33-38H2,1-7H3/t48?,57-/m0/s1. The Balaban J connectivity index is 1.57. The van der Waals surface area contributed by atoms with Crippen LogP contribution in [0.2, 0.25) is 10.1 Å². The van der Waals surface area contributed by atoms with Crippen LogP contribution < -0.4 is 20.7 Å². The first-order valence-electron chi connectivity index (χ1n) is 20.9. The summed E-state index contributed by atoms with van der Waals surface area (Å²) in [5.41, 5.74) is 1.03. The average Bonchev–Trinajstić information content (AvgIpc) is 3.24. The van der Waals surface area contributed by atoms with Gasteiger partial charge in [-0.1, -0.05) is 181 Å². The van der Waals surface area contributed by atoms with Crippen LogP contribution >= 0.6 is 0 Å². The smallest absolute Gasteiger partial charge is 0.261 e. The maximum absolute atomic E-state index is 14.5. The highest BCUT2D eigenvalue weighted by Crippen LogP contribution is 2.39. The lowest BCUT2D eigenvalue weighted by atomic mass is 9.97. The number of hydrogen-bond donors (Lipinski definition) is 2. The number of hydrogen-bond acceptors (Lipinski definition) is 6. The quantitative estimate of drug-likeness (QED) is 0.0786. The second kappa shape index (κ2) is 20.6. The van der Waals surface area contributed by atoms with Gasteiger partial charge in [0.25, 0.3) is 16.6 Å². The molecule has 0 aromatic heterocycles. The summed E-state index contributed by atoms with van der Waals surface area (Å²) in [4.78, 5) is 15.0. The number of carbonyl (C=O) groups is 1. The van der Waals surface area contributed by atoms with Crippen LogP contribution in [0.15, 0.2) is 150 Å². The molecular formula is C50H64O6SSi2. The third-order valence-electron chi connectivity index (χ3n) is 11.6. The van der Waals surface area contributed by atoms with Gasteiger partial charge >= 0.3 is 0 Å². The molecule has 0 spiro atoms. The molecule has 0 fully saturated rings. The van der Waals surface area contributed by atoms with Gasteiger partial charge in [0.15, 0.2) is 0 Å². The fourth-order valence-electron chi connectivity index (χ4n) is 8.42. The molecule has 0 aliphatic heterocycles. The van der Waals surface area contributed by atoms with Gasteiger partial charge < -0.3 is 19.1 Å². The fraction of sp³-hybridized carbons (Fsp3) is 0.380. The molecule has 5 rings (SSSR count). The van der Waals surface area contributed by atoms with Gasteiger partial charge in [-0.05, 0) is 62.7 Å². The number of aliphatic hydroxyl groups excluding tert-OH is 2. The molecule has 6 nitrogen and oxygen atoms in total. The molecule has 59 heavy (non-hydrogen) atoms. The summed E-state index contributed by atoms with van der Waals surface area (Å²) < 4.78 is 29.3. The van der Waals surface area contributed by atoms with Gasteiger partial charge in [0.1, 0.15) is 5.78 Å². The number of Topliss-reactive ketones (excluding diaryl/α,β-unsaturated/α-hetero) is 1. The number of benzene rings is 5. The van der Waals surface area contributed by atoms with Crippen LogP contribution in [-0.2, 0) is 24.4 Å². The predicted molar refractivity (Wildman–Crippen MR) is 249 cm³/mol. The Hall–Kier alpha value is -3.81. The molecule has 0 saturated heterocycles. The van der Waals surface area contributed by atoms with Gasteiger partial charge in [0.05, 0.1) is 16.0 Å². The van der Waals surface area contributed by atoms with Crippen LogP contribution in [0.4, 0.5) is 0 Å². The Kier molecular flexibility index (Phi) is 16.2. The molecule has 1 unspecified atom stereocenters. The van der Waals surface area contributed by atoms with E-state index in [4.69, 9.17) is 8.85 Å². The molecule has 2 atom stereocenters. The number of carbonyl (C=O) groups excluding carboxylic acids is 1. The van der Waals surface area contributed by atoms with Gasteiger partial charge in [-0.15, -0.1) is 0 Å². The van der Waals surface area contributed by atoms with Crippen molar-refractivity contribution in [2.24, 2.45) is 11.8 Å². The first-order valence-corrected chi connectivity index (χ1v) is 25.9. The number of aryl methyl sites for hydroxylation is 1. The zero-order chi connectivity index (χ0) is 42.7. The van der Waals surface area contributed by atoms with Crippen LogP contribution in [0.5, 0.6) is 0 Å². The molecule has 5 aromatic rings. The molecule has 0 heterocycles. The van der Waals surface area contributed by atoms with Gasteiger partial charge in [-0.2, -0.15) is 0 Å². The molecule has 2 N–H and O–H groups in total. The minimum absolute atomic E-state index is 0.119. The molecule has 5 aromatic carbocycles. The van der Waals surface area contributed by atoms with Crippen molar-refractivity contribution < 1.29 is 28.1 Å². The van der Waals surface area contributed by atoms with Gasteiger partial charge in [-0.3, -0.25) is 9.00 Å². The van der Waals surface area contributed by atoms with Crippen molar-refractivity contribution in [3.05, 3.63) is 151 Å². The van der Waals surface area contributed by atoms with Crippen molar-refractivity contribution in [2.75, 3.05) is 26.4 Å². The van der Waals surface area contributed by atoms with Crippen LogP contribution in [0, 0.1) is 18.8 Å². The van der Waals surface area contributed by atoms with E-state index in [0.717, 1.165) is 5.56 Å². The number of aliphatic hydroxyl groups is 2. The van der Waals surface area contributed by atoms with Crippen molar-refractivity contribution in [2.45, 2.75) is 88.0 Å². The maximum atomic E-state index is 14.5. The number of rotatable bonds is 20. The second-order valence-electron chi connectivity index (χ2n) is 17.9. The Bertz CT molecular complexity index is 1860. The molecule has 0 radical (unpaired) electrons. The lowest BCUT2D eigenvalue weighted by Gasteiger charge is -2.45. The molecule has 0 saturated carbocycles. The Morgan fingerprint density at radius 2 is 0.932 bits per heavy atom. The van der Waals surface area contributed by atoms with E-state index in [0.29, 0.717) is 24.5 Å². The maximum Gasteiger partial charge on any atom is 0.261 e. The van der Waals surface area contributed by atoms with Crippen LogP contribution in [0.3, 0.4) is 0 Å². The van der Waals surface area contributed by atoms with E-state index in [1.165, 1.54) is 20.7 Å². The summed E-state index contributed by atoms with van der Waals surface area (Å²) in [6, 6.07) is 49.7. The van der Waals surface area contributed by atoms with Crippen molar-refractivity contribution in [1.82, 2.24) is 0 Å². The lowest BCUT2D eigenvalue weighted by molar-refractivity contribution is -0.119. The zero-order valence-corrected chi connectivity index (χ0v) is 38.8. The van der Waals surface area contributed by atoms with E-state index in [2.05, 4.69) is 139 Å². The monoisotopic (exact) mass is 848 g/mol. The zero-order valence-electron chi connectivity index (χ0n) is 36.0. The topological polar surface area (TPSA) is 93.1 Å². The molecule has 0 aliphatic rings. The first-order chi connectivity index (χ1) is 28.2. The van der Waals surface area contributed by atoms with Crippen molar-refractivity contribution in [3.8, 4) is 0 Å². The minimum Gasteiger partial charge on any atom is -0.407 e. The summed E-state index contributed by atoms with van der Waals surface area (Å²) in [7, 11) is -7.60. The van der Waals surface area contributed by atoms with Crippen LogP contribution in [0.25, 0.3) is 0 Å². The van der Waals surface area contributed by atoms with E-state index in [9.17, 15) is 19.2 Å². The van der Waals surface area contributed by atoms with E-state index >= 15 is 0 Å². The van der Waals surface area contributed by atoms with Gasteiger partial charge in [0, 0.05) is 49.6 Å². The third kappa shape index (κ3) is 10.7. The van der Waals surface area contributed by atoms with Gasteiger partial charge in [0.2, 0.25) is 0 Å². The van der Waals surface area contributed by atoms with Crippen molar-refractivity contribution >= 4 is 54.0 Å². The largest absolute Gasteiger partial charge is 0.407 e. The molecule has 9 heteroatoms. The Morgan fingerprint density at radius 3 is 1.25 bits per heavy atom. The first kappa shape index (κ1) is 46.3. The molecule has 0 amide bonds. The SMILES string of the molecule is Cc1ccc([S@](=O)C(CC(CO)CO)C(=O)CCC(CO[Si](c2ccccc2)(c2ccccc2)C(C)(C)C)CO[Si](c2ccccc2)(c2ccccc2)C(C)(C)C)cc1. The highest BCUT2D eigenvalue weighted by molar-refractivity contribution is 7.86.